The van der Waals surface area contributed by atoms with Gasteiger partial charge in [-0.1, -0.05) is 50.2 Å². The molecular formula is C14H21NO. The van der Waals surface area contributed by atoms with Crippen molar-refractivity contribution in [3.63, 3.8) is 0 Å². The van der Waals surface area contributed by atoms with E-state index in [2.05, 4.69) is 55.0 Å². The molecule has 1 rings (SSSR count). The Labute approximate surface area is 98.3 Å². The molecule has 0 bridgehead atoms. The lowest BCUT2D eigenvalue weighted by atomic mass is 9.97. The molecule has 0 aliphatic rings. The monoisotopic (exact) mass is 219 g/mol. The fraction of sp³-hybridized carbons (Fsp3) is 0.500. The molecule has 88 valence electrons. The summed E-state index contributed by atoms with van der Waals surface area (Å²) in [5.41, 5.74) is 2.74. The molecule has 16 heavy (non-hydrogen) atoms. The summed E-state index contributed by atoms with van der Waals surface area (Å²) in [6.45, 7) is 6.56. The second-order valence-corrected chi connectivity index (χ2v) is 4.51. The van der Waals surface area contributed by atoms with Gasteiger partial charge in [0.05, 0.1) is 0 Å². The van der Waals surface area contributed by atoms with Crippen LogP contribution in [-0.4, -0.2) is 13.3 Å². The maximum Gasteiger partial charge on any atom is 0.106 e. The first-order valence-corrected chi connectivity index (χ1v) is 5.79. The molecule has 0 heterocycles. The Morgan fingerprint density at radius 2 is 1.81 bits per heavy atom. The van der Waals surface area contributed by atoms with Crippen LogP contribution in [0.2, 0.25) is 0 Å². The number of hydrogen-bond donors (Lipinski definition) is 0. The van der Waals surface area contributed by atoms with E-state index in [9.17, 15) is 0 Å². The summed E-state index contributed by atoms with van der Waals surface area (Å²) in [5.74, 6) is 1.01. The van der Waals surface area contributed by atoms with Gasteiger partial charge in [-0.25, -0.2) is 0 Å². The van der Waals surface area contributed by atoms with Gasteiger partial charge in [0.2, 0.25) is 0 Å². The van der Waals surface area contributed by atoms with Gasteiger partial charge in [-0.3, -0.25) is 0 Å². The molecule has 0 saturated heterocycles. The molecule has 0 aliphatic heterocycles. The van der Waals surface area contributed by atoms with E-state index in [1.54, 1.807) is 7.11 Å². The van der Waals surface area contributed by atoms with E-state index in [0.29, 0.717) is 11.8 Å². The van der Waals surface area contributed by atoms with E-state index in [1.807, 2.05) is 6.21 Å². The third-order valence-corrected chi connectivity index (χ3v) is 2.62. The summed E-state index contributed by atoms with van der Waals surface area (Å²) in [6.07, 6.45) is 2.85. The fourth-order valence-electron chi connectivity index (χ4n) is 1.63. The van der Waals surface area contributed by atoms with Gasteiger partial charge in [0.15, 0.2) is 0 Å². The van der Waals surface area contributed by atoms with E-state index in [4.69, 9.17) is 0 Å². The summed E-state index contributed by atoms with van der Waals surface area (Å²) in [6, 6.07) is 8.82. The Balaban J connectivity index is 2.58. The highest BCUT2D eigenvalue weighted by atomic mass is 16.6. The van der Waals surface area contributed by atoms with Crippen LogP contribution >= 0.6 is 0 Å². The lowest BCUT2D eigenvalue weighted by molar-refractivity contribution is 0.213. The van der Waals surface area contributed by atoms with Crippen molar-refractivity contribution < 1.29 is 4.84 Å². The van der Waals surface area contributed by atoms with Crippen molar-refractivity contribution in [2.24, 2.45) is 11.1 Å². The van der Waals surface area contributed by atoms with Crippen molar-refractivity contribution in [2.45, 2.75) is 33.1 Å². The average Bonchev–Trinajstić information content (AvgIpc) is 2.27. The van der Waals surface area contributed by atoms with Crippen LogP contribution in [0.25, 0.3) is 0 Å². The molecule has 0 fully saturated rings. The molecule has 1 aromatic carbocycles. The Morgan fingerprint density at radius 3 is 2.31 bits per heavy atom. The molecule has 1 aromatic rings. The standard InChI is InChI=1S/C14H21NO/c1-11(2)14-7-5-13(6-8-14)9-12(3)10-15-16-4/h5-8,10-12H,9H2,1-4H3. The second-order valence-electron chi connectivity index (χ2n) is 4.51. The zero-order valence-corrected chi connectivity index (χ0v) is 10.6. The Bertz CT molecular complexity index is 327. The minimum atomic E-state index is 0.407. The van der Waals surface area contributed by atoms with E-state index in [1.165, 1.54) is 11.1 Å². The van der Waals surface area contributed by atoms with Crippen molar-refractivity contribution in [3.8, 4) is 0 Å². The molecule has 0 aromatic heterocycles. The second kappa shape index (κ2) is 6.31. The van der Waals surface area contributed by atoms with Gasteiger partial charge >= 0.3 is 0 Å². The highest BCUT2D eigenvalue weighted by Crippen LogP contribution is 2.16. The normalized spacial score (nSPS) is 13.3. The van der Waals surface area contributed by atoms with Crippen molar-refractivity contribution in [1.29, 1.82) is 0 Å². The number of hydrogen-bond acceptors (Lipinski definition) is 2. The Hall–Kier alpha value is -1.31. The quantitative estimate of drug-likeness (QED) is 0.547. The Kier molecular flexibility index (Phi) is 5.03. The van der Waals surface area contributed by atoms with Gasteiger partial charge in [0.25, 0.3) is 0 Å². The summed E-state index contributed by atoms with van der Waals surface area (Å²) in [7, 11) is 1.57. The number of rotatable bonds is 5. The van der Waals surface area contributed by atoms with Crippen LogP contribution in [0.15, 0.2) is 29.4 Å². The van der Waals surface area contributed by atoms with E-state index in [0.717, 1.165) is 6.42 Å². The molecule has 0 radical (unpaired) electrons. The largest absolute Gasteiger partial charge is 0.399 e. The first-order chi connectivity index (χ1) is 7.63. The van der Waals surface area contributed by atoms with Crippen molar-refractivity contribution in [1.82, 2.24) is 0 Å². The van der Waals surface area contributed by atoms with Gasteiger partial charge in [-0.2, -0.15) is 0 Å². The third-order valence-electron chi connectivity index (χ3n) is 2.62. The third kappa shape index (κ3) is 4.05. The average molecular weight is 219 g/mol. The summed E-state index contributed by atoms with van der Waals surface area (Å²) < 4.78 is 0. The van der Waals surface area contributed by atoms with Gasteiger partial charge in [0, 0.05) is 6.21 Å². The van der Waals surface area contributed by atoms with Gasteiger partial charge < -0.3 is 4.84 Å². The number of nitrogens with zero attached hydrogens (tertiary/aromatic N) is 1. The van der Waals surface area contributed by atoms with Crippen LogP contribution in [0.4, 0.5) is 0 Å². The maximum atomic E-state index is 4.67. The van der Waals surface area contributed by atoms with E-state index in [-0.39, 0.29) is 0 Å². The van der Waals surface area contributed by atoms with Crippen LogP contribution in [-0.2, 0) is 11.3 Å². The molecule has 0 spiro atoms. The smallest absolute Gasteiger partial charge is 0.106 e. The predicted octanol–water partition coefficient (Wildman–Crippen LogP) is 3.62. The first-order valence-electron chi connectivity index (χ1n) is 5.79. The number of benzene rings is 1. The first kappa shape index (κ1) is 12.8. The molecule has 0 saturated carbocycles. The van der Waals surface area contributed by atoms with Crippen molar-refractivity contribution in [2.75, 3.05) is 7.11 Å². The molecular weight excluding hydrogens is 198 g/mol. The van der Waals surface area contributed by atoms with Crippen LogP contribution in [0, 0.1) is 5.92 Å². The van der Waals surface area contributed by atoms with Crippen LogP contribution in [0.3, 0.4) is 0 Å². The fourth-order valence-corrected chi connectivity index (χ4v) is 1.63. The van der Waals surface area contributed by atoms with Crippen molar-refractivity contribution >= 4 is 6.21 Å². The Morgan fingerprint density at radius 1 is 1.19 bits per heavy atom. The highest BCUT2D eigenvalue weighted by Gasteiger charge is 2.02. The van der Waals surface area contributed by atoms with Crippen LogP contribution < -0.4 is 0 Å². The predicted molar refractivity (Wildman–Crippen MR) is 68.9 cm³/mol. The zero-order chi connectivity index (χ0) is 12.0. The molecule has 2 heteroatoms. The molecule has 1 unspecified atom stereocenters. The van der Waals surface area contributed by atoms with Crippen LogP contribution in [0.5, 0.6) is 0 Å². The van der Waals surface area contributed by atoms with E-state index < -0.39 is 0 Å². The number of oxime groups is 1. The highest BCUT2D eigenvalue weighted by molar-refractivity contribution is 5.59. The summed E-state index contributed by atoms with van der Waals surface area (Å²) in [4.78, 5) is 4.67. The maximum absolute atomic E-state index is 4.67. The van der Waals surface area contributed by atoms with E-state index >= 15 is 0 Å². The SMILES string of the molecule is CON=CC(C)Cc1ccc(C(C)C)cc1. The molecule has 0 N–H and O–H groups in total. The minimum Gasteiger partial charge on any atom is -0.399 e. The molecule has 2 nitrogen and oxygen atoms in total. The van der Waals surface area contributed by atoms with Crippen molar-refractivity contribution in [3.05, 3.63) is 35.4 Å². The topological polar surface area (TPSA) is 21.6 Å². The lowest BCUT2D eigenvalue weighted by Crippen LogP contribution is -2.01. The van der Waals surface area contributed by atoms with Gasteiger partial charge in [-0.05, 0) is 29.4 Å². The zero-order valence-electron chi connectivity index (χ0n) is 10.6. The van der Waals surface area contributed by atoms with Gasteiger partial charge in [0.1, 0.15) is 7.11 Å². The summed E-state index contributed by atoms with van der Waals surface area (Å²) in [5, 5.41) is 3.79. The lowest BCUT2D eigenvalue weighted by Gasteiger charge is -2.08. The minimum absolute atomic E-state index is 0.407. The van der Waals surface area contributed by atoms with Crippen LogP contribution in [0.1, 0.15) is 37.8 Å². The molecule has 0 aliphatic carbocycles. The summed E-state index contributed by atoms with van der Waals surface area (Å²) >= 11 is 0. The van der Waals surface area contributed by atoms with Gasteiger partial charge in [-0.15, -0.1) is 0 Å². The molecule has 1 atom stereocenters. The molecule has 0 amide bonds.